The molecule has 2 heteroatoms. The third kappa shape index (κ3) is 3.57. The Kier molecular flexibility index (Phi) is 5.18. The van der Waals surface area contributed by atoms with Crippen LogP contribution in [0.1, 0.15) is 67.2 Å². The summed E-state index contributed by atoms with van der Waals surface area (Å²) in [6.45, 7) is 16.8. The first-order chi connectivity index (χ1) is 9.32. The van der Waals surface area contributed by atoms with Crippen molar-refractivity contribution in [1.82, 2.24) is 10.2 Å². The summed E-state index contributed by atoms with van der Waals surface area (Å²) in [5, 5.41) is 3.81. The maximum Gasteiger partial charge on any atom is 0.0244 e. The summed E-state index contributed by atoms with van der Waals surface area (Å²) >= 11 is 0. The van der Waals surface area contributed by atoms with Crippen molar-refractivity contribution in [2.45, 2.75) is 85.4 Å². The van der Waals surface area contributed by atoms with Gasteiger partial charge in [-0.2, -0.15) is 0 Å². The maximum atomic E-state index is 3.81. The van der Waals surface area contributed by atoms with Gasteiger partial charge in [0.2, 0.25) is 0 Å². The molecule has 5 atom stereocenters. The van der Waals surface area contributed by atoms with E-state index in [-0.39, 0.29) is 0 Å². The Balaban J connectivity index is 2.09. The van der Waals surface area contributed by atoms with Crippen molar-refractivity contribution in [3.63, 3.8) is 0 Å². The van der Waals surface area contributed by atoms with Crippen LogP contribution in [0.2, 0.25) is 0 Å². The Labute approximate surface area is 126 Å². The standard InChI is InChI=1S/C18H36N2/c1-7-15-11-19-17(18(4,5)6)12-20(15)16-9-8-13(2)10-14(16)3/h13-17,19H,7-12H2,1-6H3. The highest BCUT2D eigenvalue weighted by atomic mass is 15.3. The fourth-order valence-electron chi connectivity index (χ4n) is 4.33. The molecule has 1 aliphatic carbocycles. The van der Waals surface area contributed by atoms with Crippen molar-refractivity contribution < 1.29 is 0 Å². The fourth-order valence-corrected chi connectivity index (χ4v) is 4.33. The molecule has 0 aromatic carbocycles. The van der Waals surface area contributed by atoms with Crippen molar-refractivity contribution in [3.05, 3.63) is 0 Å². The van der Waals surface area contributed by atoms with E-state index < -0.39 is 0 Å². The van der Waals surface area contributed by atoms with Gasteiger partial charge in [0.05, 0.1) is 0 Å². The lowest BCUT2D eigenvalue weighted by atomic mass is 9.77. The highest BCUT2D eigenvalue weighted by Crippen LogP contribution is 2.35. The minimum Gasteiger partial charge on any atom is -0.311 e. The molecule has 0 aromatic heterocycles. The van der Waals surface area contributed by atoms with E-state index in [9.17, 15) is 0 Å². The minimum atomic E-state index is 0.363. The van der Waals surface area contributed by atoms with Crippen molar-refractivity contribution in [2.75, 3.05) is 13.1 Å². The average molecular weight is 280 g/mol. The molecule has 5 unspecified atom stereocenters. The van der Waals surface area contributed by atoms with Crippen LogP contribution in [0, 0.1) is 17.3 Å². The second-order valence-electron chi connectivity index (χ2n) is 8.55. The van der Waals surface area contributed by atoms with Gasteiger partial charge < -0.3 is 5.32 Å². The first-order valence-corrected chi connectivity index (χ1v) is 8.82. The van der Waals surface area contributed by atoms with Gasteiger partial charge in [-0.15, -0.1) is 0 Å². The molecular weight excluding hydrogens is 244 g/mol. The van der Waals surface area contributed by atoms with Crippen LogP contribution in [-0.2, 0) is 0 Å². The molecule has 0 spiro atoms. The zero-order valence-electron chi connectivity index (χ0n) is 14.6. The van der Waals surface area contributed by atoms with Gasteiger partial charge in [0.15, 0.2) is 0 Å². The summed E-state index contributed by atoms with van der Waals surface area (Å²) in [6.07, 6.45) is 5.54. The highest BCUT2D eigenvalue weighted by molar-refractivity contribution is 4.96. The van der Waals surface area contributed by atoms with Crippen molar-refractivity contribution in [2.24, 2.45) is 17.3 Å². The van der Waals surface area contributed by atoms with Gasteiger partial charge in [-0.05, 0) is 42.9 Å². The Morgan fingerprint density at radius 3 is 2.40 bits per heavy atom. The van der Waals surface area contributed by atoms with Crippen LogP contribution in [0.15, 0.2) is 0 Å². The topological polar surface area (TPSA) is 15.3 Å². The number of hydrogen-bond donors (Lipinski definition) is 1. The quantitative estimate of drug-likeness (QED) is 0.825. The van der Waals surface area contributed by atoms with Gasteiger partial charge in [-0.1, -0.05) is 41.5 Å². The van der Waals surface area contributed by atoms with Gasteiger partial charge in [-0.25, -0.2) is 0 Å². The molecule has 118 valence electrons. The van der Waals surface area contributed by atoms with Crippen LogP contribution < -0.4 is 5.32 Å². The lowest BCUT2D eigenvalue weighted by Crippen LogP contribution is -2.63. The zero-order chi connectivity index (χ0) is 14.9. The molecular formula is C18H36N2. The Bertz CT molecular complexity index is 307. The summed E-state index contributed by atoms with van der Waals surface area (Å²) < 4.78 is 0. The fraction of sp³-hybridized carbons (Fsp3) is 1.00. The number of rotatable bonds is 2. The second-order valence-corrected chi connectivity index (χ2v) is 8.55. The molecule has 2 aliphatic rings. The summed E-state index contributed by atoms with van der Waals surface area (Å²) in [5.41, 5.74) is 0.363. The number of piperazine rings is 1. The van der Waals surface area contributed by atoms with Gasteiger partial charge >= 0.3 is 0 Å². The molecule has 2 nitrogen and oxygen atoms in total. The summed E-state index contributed by atoms with van der Waals surface area (Å²) in [7, 11) is 0. The van der Waals surface area contributed by atoms with Gasteiger partial charge in [0, 0.05) is 31.2 Å². The van der Waals surface area contributed by atoms with E-state index in [4.69, 9.17) is 0 Å². The molecule has 1 saturated carbocycles. The largest absolute Gasteiger partial charge is 0.311 e. The van der Waals surface area contributed by atoms with E-state index in [2.05, 4.69) is 51.8 Å². The molecule has 1 saturated heterocycles. The van der Waals surface area contributed by atoms with Crippen LogP contribution in [0.4, 0.5) is 0 Å². The maximum absolute atomic E-state index is 3.81. The predicted octanol–water partition coefficient (Wildman–Crippen LogP) is 3.91. The Hall–Kier alpha value is -0.0800. The summed E-state index contributed by atoms with van der Waals surface area (Å²) in [4.78, 5) is 2.88. The first kappa shape index (κ1) is 16.3. The number of hydrogen-bond acceptors (Lipinski definition) is 2. The van der Waals surface area contributed by atoms with Crippen molar-refractivity contribution in [3.8, 4) is 0 Å². The van der Waals surface area contributed by atoms with Crippen molar-refractivity contribution in [1.29, 1.82) is 0 Å². The average Bonchev–Trinajstić information content (AvgIpc) is 2.37. The first-order valence-electron chi connectivity index (χ1n) is 8.82. The van der Waals surface area contributed by atoms with E-state index >= 15 is 0 Å². The van der Waals surface area contributed by atoms with E-state index in [1.165, 1.54) is 38.8 Å². The predicted molar refractivity (Wildman–Crippen MR) is 88.0 cm³/mol. The lowest BCUT2D eigenvalue weighted by molar-refractivity contribution is 0.00571. The van der Waals surface area contributed by atoms with Crippen LogP contribution in [0.25, 0.3) is 0 Å². The van der Waals surface area contributed by atoms with Crippen LogP contribution >= 0.6 is 0 Å². The number of nitrogens with one attached hydrogen (secondary N) is 1. The van der Waals surface area contributed by atoms with Gasteiger partial charge in [0.1, 0.15) is 0 Å². The number of nitrogens with zero attached hydrogens (tertiary/aromatic N) is 1. The molecule has 1 aliphatic heterocycles. The minimum absolute atomic E-state index is 0.363. The molecule has 0 amide bonds. The van der Waals surface area contributed by atoms with Gasteiger partial charge in [0.25, 0.3) is 0 Å². The van der Waals surface area contributed by atoms with E-state index in [1.807, 2.05) is 0 Å². The van der Waals surface area contributed by atoms with Crippen LogP contribution in [0.5, 0.6) is 0 Å². The SMILES string of the molecule is CCC1CNC(C(C)(C)C)CN1C1CCC(C)CC1C. The zero-order valence-corrected chi connectivity index (χ0v) is 14.6. The molecule has 20 heavy (non-hydrogen) atoms. The van der Waals surface area contributed by atoms with Gasteiger partial charge in [-0.3, -0.25) is 4.90 Å². The second kappa shape index (κ2) is 6.36. The molecule has 0 bridgehead atoms. The van der Waals surface area contributed by atoms with Crippen LogP contribution in [-0.4, -0.2) is 36.1 Å². The molecule has 1 N–H and O–H groups in total. The molecule has 2 rings (SSSR count). The lowest BCUT2D eigenvalue weighted by Gasteiger charge is -2.51. The van der Waals surface area contributed by atoms with E-state index in [0.717, 1.165) is 23.9 Å². The third-order valence-corrected chi connectivity index (χ3v) is 5.79. The summed E-state index contributed by atoms with van der Waals surface area (Å²) in [6, 6.07) is 2.20. The normalized spacial score (nSPS) is 40.8. The molecule has 0 aromatic rings. The molecule has 0 radical (unpaired) electrons. The van der Waals surface area contributed by atoms with Crippen molar-refractivity contribution >= 4 is 0 Å². The van der Waals surface area contributed by atoms with E-state index in [0.29, 0.717) is 11.5 Å². The Morgan fingerprint density at radius 1 is 1.15 bits per heavy atom. The molecule has 1 heterocycles. The van der Waals surface area contributed by atoms with Crippen LogP contribution in [0.3, 0.4) is 0 Å². The summed E-state index contributed by atoms with van der Waals surface area (Å²) in [5.74, 6) is 1.80. The third-order valence-electron chi connectivity index (χ3n) is 5.79. The Morgan fingerprint density at radius 2 is 1.85 bits per heavy atom. The monoisotopic (exact) mass is 280 g/mol. The highest BCUT2D eigenvalue weighted by Gasteiger charge is 2.39. The molecule has 2 fully saturated rings. The van der Waals surface area contributed by atoms with E-state index in [1.54, 1.807) is 0 Å². The smallest absolute Gasteiger partial charge is 0.0244 e.